The van der Waals surface area contributed by atoms with E-state index in [9.17, 15) is 5.11 Å². The zero-order valence-electron chi connectivity index (χ0n) is 12.2. The van der Waals surface area contributed by atoms with Crippen LogP contribution in [0.2, 0.25) is 0 Å². The van der Waals surface area contributed by atoms with Crippen LogP contribution < -0.4 is 5.32 Å². The first-order chi connectivity index (χ1) is 10.8. The van der Waals surface area contributed by atoms with Gasteiger partial charge in [-0.15, -0.1) is 11.8 Å². The molecule has 0 radical (unpaired) electrons. The van der Waals surface area contributed by atoms with Gasteiger partial charge in [-0.1, -0.05) is 30.3 Å². The van der Waals surface area contributed by atoms with E-state index in [4.69, 9.17) is 4.42 Å². The topological polar surface area (TPSA) is 45.4 Å². The van der Waals surface area contributed by atoms with Crippen molar-refractivity contribution in [3.05, 3.63) is 66.4 Å². The Hall–Kier alpha value is -1.75. The molecule has 0 amide bonds. The summed E-state index contributed by atoms with van der Waals surface area (Å²) in [5, 5.41) is 14.5. The molecule has 0 spiro atoms. The van der Waals surface area contributed by atoms with Gasteiger partial charge in [0.1, 0.15) is 5.58 Å². The minimum absolute atomic E-state index is 0.367. The molecule has 0 aliphatic rings. The van der Waals surface area contributed by atoms with E-state index in [-0.39, 0.29) is 6.10 Å². The summed E-state index contributed by atoms with van der Waals surface area (Å²) in [7, 11) is 0. The quantitative estimate of drug-likeness (QED) is 0.653. The van der Waals surface area contributed by atoms with Crippen molar-refractivity contribution in [3.8, 4) is 0 Å². The fraction of sp³-hybridized carbons (Fsp3) is 0.222. The molecule has 1 unspecified atom stereocenters. The lowest BCUT2D eigenvalue weighted by molar-refractivity contribution is 0.195. The van der Waals surface area contributed by atoms with Gasteiger partial charge in [-0.3, -0.25) is 0 Å². The second-order valence-electron chi connectivity index (χ2n) is 5.16. The van der Waals surface area contributed by atoms with Crippen LogP contribution in [0.4, 0.5) is 0 Å². The summed E-state index contributed by atoms with van der Waals surface area (Å²) in [5.41, 5.74) is 2.09. The number of aliphatic hydroxyl groups is 1. The summed E-state index contributed by atoms with van der Waals surface area (Å²) in [4.78, 5) is 1.18. The van der Waals surface area contributed by atoms with E-state index < -0.39 is 0 Å². The van der Waals surface area contributed by atoms with E-state index in [0.717, 1.165) is 17.5 Å². The smallest absolute Gasteiger partial charge is 0.134 e. The summed E-state index contributed by atoms with van der Waals surface area (Å²) in [6.07, 6.45) is 1.34. The second-order valence-corrected chi connectivity index (χ2v) is 6.25. The highest BCUT2D eigenvalue weighted by atomic mass is 32.2. The van der Waals surface area contributed by atoms with E-state index >= 15 is 0 Å². The number of benzene rings is 2. The standard InChI is InChI=1S/C18H19NO2S/c20-15(13-22-16-6-2-1-3-7-16)12-19-11-14-5-4-8-18-17(14)9-10-21-18/h1-10,15,19-20H,11-13H2. The normalized spacial score (nSPS) is 12.6. The number of hydrogen-bond donors (Lipinski definition) is 2. The van der Waals surface area contributed by atoms with E-state index in [1.807, 2.05) is 36.4 Å². The van der Waals surface area contributed by atoms with Crippen LogP contribution in [0.25, 0.3) is 11.0 Å². The SMILES string of the molecule is OC(CNCc1cccc2occc12)CSc1ccccc1. The average molecular weight is 313 g/mol. The zero-order chi connectivity index (χ0) is 15.2. The van der Waals surface area contributed by atoms with Crippen molar-refractivity contribution in [2.45, 2.75) is 17.5 Å². The molecule has 0 aliphatic heterocycles. The largest absolute Gasteiger partial charge is 0.464 e. The molecule has 0 saturated carbocycles. The molecule has 4 heteroatoms. The predicted molar refractivity (Wildman–Crippen MR) is 91.1 cm³/mol. The molecule has 0 fully saturated rings. The van der Waals surface area contributed by atoms with E-state index in [1.54, 1.807) is 18.0 Å². The minimum atomic E-state index is -0.367. The molecule has 0 saturated heterocycles. The number of aliphatic hydroxyl groups excluding tert-OH is 1. The maximum Gasteiger partial charge on any atom is 0.134 e. The van der Waals surface area contributed by atoms with Crippen LogP contribution in [-0.4, -0.2) is 23.5 Å². The fourth-order valence-electron chi connectivity index (χ4n) is 2.35. The lowest BCUT2D eigenvalue weighted by atomic mass is 10.1. The van der Waals surface area contributed by atoms with Gasteiger partial charge in [0.05, 0.1) is 12.4 Å². The molecule has 0 aliphatic carbocycles. The first-order valence-corrected chi connectivity index (χ1v) is 8.33. The van der Waals surface area contributed by atoms with Crippen molar-refractivity contribution >= 4 is 22.7 Å². The molecule has 1 heterocycles. The second kappa shape index (κ2) is 7.49. The molecular formula is C18H19NO2S. The van der Waals surface area contributed by atoms with Crippen LogP contribution in [0.1, 0.15) is 5.56 Å². The van der Waals surface area contributed by atoms with Crippen molar-refractivity contribution < 1.29 is 9.52 Å². The maximum absolute atomic E-state index is 10.1. The van der Waals surface area contributed by atoms with Crippen LogP contribution in [0.15, 0.2) is 70.2 Å². The summed E-state index contributed by atoms with van der Waals surface area (Å²) in [5.74, 6) is 0.687. The van der Waals surface area contributed by atoms with Crippen molar-refractivity contribution in [1.82, 2.24) is 5.32 Å². The molecule has 1 atom stereocenters. The number of hydrogen-bond acceptors (Lipinski definition) is 4. The summed E-state index contributed by atoms with van der Waals surface area (Å²) in [6.45, 7) is 1.30. The Bertz CT molecular complexity index is 711. The summed E-state index contributed by atoms with van der Waals surface area (Å²) in [6, 6.07) is 18.2. The number of thioether (sulfide) groups is 1. The number of nitrogens with one attached hydrogen (secondary N) is 1. The Morgan fingerprint density at radius 2 is 1.91 bits per heavy atom. The predicted octanol–water partition coefficient (Wildman–Crippen LogP) is 3.68. The third-order valence-electron chi connectivity index (χ3n) is 3.47. The highest BCUT2D eigenvalue weighted by Gasteiger charge is 2.06. The summed E-state index contributed by atoms with van der Waals surface area (Å²) < 4.78 is 5.39. The third kappa shape index (κ3) is 3.91. The van der Waals surface area contributed by atoms with Crippen LogP contribution >= 0.6 is 11.8 Å². The van der Waals surface area contributed by atoms with Crippen molar-refractivity contribution in [3.63, 3.8) is 0 Å². The lowest BCUT2D eigenvalue weighted by Gasteiger charge is -2.12. The Balaban J connectivity index is 1.45. The minimum Gasteiger partial charge on any atom is -0.464 e. The molecule has 3 nitrogen and oxygen atoms in total. The van der Waals surface area contributed by atoms with E-state index in [1.165, 1.54) is 10.5 Å². The number of rotatable bonds is 7. The maximum atomic E-state index is 10.1. The lowest BCUT2D eigenvalue weighted by Crippen LogP contribution is -2.28. The average Bonchev–Trinajstić information content (AvgIpc) is 3.03. The zero-order valence-corrected chi connectivity index (χ0v) is 13.1. The first-order valence-electron chi connectivity index (χ1n) is 7.34. The summed E-state index contributed by atoms with van der Waals surface area (Å²) >= 11 is 1.67. The molecule has 2 aromatic carbocycles. The van der Waals surface area contributed by atoms with Crippen molar-refractivity contribution in [2.24, 2.45) is 0 Å². The van der Waals surface area contributed by atoms with Crippen molar-refractivity contribution in [2.75, 3.05) is 12.3 Å². The first kappa shape index (κ1) is 15.2. The van der Waals surface area contributed by atoms with Crippen molar-refractivity contribution in [1.29, 1.82) is 0 Å². The molecule has 22 heavy (non-hydrogen) atoms. The van der Waals surface area contributed by atoms with Gasteiger partial charge in [0.25, 0.3) is 0 Å². The number of fused-ring (bicyclic) bond motifs is 1. The Labute approximate surface area is 134 Å². The molecular weight excluding hydrogens is 294 g/mol. The van der Waals surface area contributed by atoms with Gasteiger partial charge in [-0.25, -0.2) is 0 Å². The van der Waals surface area contributed by atoms with Gasteiger partial charge in [-0.2, -0.15) is 0 Å². The van der Waals surface area contributed by atoms with Crippen LogP contribution in [-0.2, 0) is 6.54 Å². The fourth-order valence-corrected chi connectivity index (χ4v) is 3.20. The van der Waals surface area contributed by atoms with Crippen LogP contribution in [0.5, 0.6) is 0 Å². The van der Waals surface area contributed by atoms with Gasteiger partial charge < -0.3 is 14.8 Å². The van der Waals surface area contributed by atoms with Gasteiger partial charge in [0.15, 0.2) is 0 Å². The van der Waals surface area contributed by atoms with Gasteiger partial charge in [0, 0.05) is 29.1 Å². The third-order valence-corrected chi connectivity index (χ3v) is 4.62. The highest BCUT2D eigenvalue weighted by Crippen LogP contribution is 2.20. The van der Waals surface area contributed by atoms with E-state index in [2.05, 4.69) is 23.5 Å². The van der Waals surface area contributed by atoms with Gasteiger partial charge >= 0.3 is 0 Å². The Morgan fingerprint density at radius 3 is 2.77 bits per heavy atom. The molecule has 3 aromatic rings. The molecule has 1 aromatic heterocycles. The van der Waals surface area contributed by atoms with Gasteiger partial charge in [-0.05, 0) is 29.8 Å². The molecule has 0 bridgehead atoms. The monoisotopic (exact) mass is 313 g/mol. The van der Waals surface area contributed by atoms with E-state index in [0.29, 0.717) is 12.3 Å². The van der Waals surface area contributed by atoms with Crippen LogP contribution in [0, 0.1) is 0 Å². The van der Waals surface area contributed by atoms with Crippen LogP contribution in [0.3, 0.4) is 0 Å². The number of furan rings is 1. The molecule has 3 rings (SSSR count). The van der Waals surface area contributed by atoms with Gasteiger partial charge in [0.2, 0.25) is 0 Å². The molecule has 114 valence electrons. The molecule has 2 N–H and O–H groups in total. The highest BCUT2D eigenvalue weighted by molar-refractivity contribution is 7.99. The Morgan fingerprint density at radius 1 is 1.05 bits per heavy atom. The Kier molecular flexibility index (Phi) is 5.16.